The van der Waals surface area contributed by atoms with Crippen molar-refractivity contribution in [3.05, 3.63) is 54.1 Å². The Balaban J connectivity index is 2.24. The van der Waals surface area contributed by atoms with E-state index in [1.165, 1.54) is 10.5 Å². The van der Waals surface area contributed by atoms with Crippen LogP contribution in [0.1, 0.15) is 11.3 Å². The highest BCUT2D eigenvalue weighted by molar-refractivity contribution is 5.66. The Bertz CT molecular complexity index is 794. The molecule has 4 nitrogen and oxygen atoms in total. The molecule has 0 aliphatic heterocycles. The fourth-order valence-corrected chi connectivity index (χ4v) is 2.37. The van der Waals surface area contributed by atoms with Crippen LogP contribution >= 0.6 is 0 Å². The first-order valence-corrected chi connectivity index (χ1v) is 6.69. The fourth-order valence-electron chi connectivity index (χ4n) is 2.37. The molecule has 3 aromatic heterocycles. The largest absolute Gasteiger partial charge is 0.417 e. The standard InChI is InChI=1S/C15H13F3N4/c16-15(17,18)11-3-4-13-21-14(10-2-1-7-20-8-10)12(5-6-19)22(13)9-11/h1-4,7-9H,5-6,19H2. The molecule has 2 N–H and O–H groups in total. The zero-order valence-electron chi connectivity index (χ0n) is 11.5. The number of hydrogen-bond donors (Lipinski definition) is 1. The maximum atomic E-state index is 12.9. The molecule has 0 saturated heterocycles. The quantitative estimate of drug-likeness (QED) is 0.809. The fraction of sp³-hybridized carbons (Fsp3) is 0.200. The molecule has 0 aliphatic carbocycles. The summed E-state index contributed by atoms with van der Waals surface area (Å²) in [5.74, 6) is 0. The van der Waals surface area contributed by atoms with E-state index in [4.69, 9.17) is 5.73 Å². The minimum Gasteiger partial charge on any atom is -0.330 e. The second-order valence-corrected chi connectivity index (χ2v) is 4.83. The van der Waals surface area contributed by atoms with Crippen LogP contribution in [0.25, 0.3) is 16.9 Å². The Labute approximate surface area is 124 Å². The van der Waals surface area contributed by atoms with Gasteiger partial charge in [0.1, 0.15) is 5.65 Å². The van der Waals surface area contributed by atoms with Gasteiger partial charge in [0.2, 0.25) is 0 Å². The van der Waals surface area contributed by atoms with E-state index in [2.05, 4.69) is 9.97 Å². The summed E-state index contributed by atoms with van der Waals surface area (Å²) in [6.07, 6.45) is 0.350. The molecule has 0 aromatic carbocycles. The van der Waals surface area contributed by atoms with Gasteiger partial charge in [-0.1, -0.05) is 0 Å². The topological polar surface area (TPSA) is 56.2 Å². The number of aromatic nitrogens is 3. The molecule has 3 rings (SSSR count). The van der Waals surface area contributed by atoms with Gasteiger partial charge in [-0.15, -0.1) is 0 Å². The summed E-state index contributed by atoms with van der Waals surface area (Å²) >= 11 is 0. The second kappa shape index (κ2) is 5.42. The molecule has 0 unspecified atom stereocenters. The van der Waals surface area contributed by atoms with Gasteiger partial charge in [-0.2, -0.15) is 13.2 Å². The van der Waals surface area contributed by atoms with E-state index >= 15 is 0 Å². The van der Waals surface area contributed by atoms with Crippen LogP contribution in [0.15, 0.2) is 42.9 Å². The summed E-state index contributed by atoms with van der Waals surface area (Å²) in [6.45, 7) is 0.317. The monoisotopic (exact) mass is 306 g/mol. The van der Waals surface area contributed by atoms with Gasteiger partial charge in [-0.05, 0) is 30.8 Å². The third-order valence-electron chi connectivity index (χ3n) is 3.36. The Morgan fingerprint density at radius 1 is 1.18 bits per heavy atom. The minimum absolute atomic E-state index is 0.317. The van der Waals surface area contributed by atoms with Crippen LogP contribution in [0.3, 0.4) is 0 Å². The Hall–Kier alpha value is -2.41. The van der Waals surface area contributed by atoms with Gasteiger partial charge in [0.15, 0.2) is 0 Å². The van der Waals surface area contributed by atoms with Crippen LogP contribution in [-0.4, -0.2) is 20.9 Å². The number of nitrogens with zero attached hydrogens (tertiary/aromatic N) is 3. The van der Waals surface area contributed by atoms with Crippen LogP contribution in [0.5, 0.6) is 0 Å². The zero-order valence-corrected chi connectivity index (χ0v) is 11.5. The zero-order chi connectivity index (χ0) is 15.7. The van der Waals surface area contributed by atoms with E-state index in [9.17, 15) is 13.2 Å². The number of fused-ring (bicyclic) bond motifs is 1. The summed E-state index contributed by atoms with van der Waals surface area (Å²) in [5.41, 5.74) is 7.35. The maximum Gasteiger partial charge on any atom is 0.417 e. The Morgan fingerprint density at radius 3 is 2.64 bits per heavy atom. The van der Waals surface area contributed by atoms with E-state index < -0.39 is 11.7 Å². The molecule has 114 valence electrons. The molecule has 0 radical (unpaired) electrons. The normalized spacial score (nSPS) is 12.0. The van der Waals surface area contributed by atoms with Crippen molar-refractivity contribution < 1.29 is 13.2 Å². The maximum absolute atomic E-state index is 12.9. The van der Waals surface area contributed by atoms with Gasteiger partial charge in [-0.3, -0.25) is 4.98 Å². The van der Waals surface area contributed by atoms with E-state index in [0.717, 1.165) is 17.8 Å². The molecule has 0 fully saturated rings. The Morgan fingerprint density at radius 2 is 2.00 bits per heavy atom. The lowest BCUT2D eigenvalue weighted by atomic mass is 10.1. The van der Waals surface area contributed by atoms with Crippen LogP contribution in [-0.2, 0) is 12.6 Å². The molecule has 0 aliphatic rings. The SMILES string of the molecule is NCCc1c(-c2cccnc2)nc2ccc(C(F)(F)F)cn12. The van der Waals surface area contributed by atoms with Gasteiger partial charge in [0.25, 0.3) is 0 Å². The van der Waals surface area contributed by atoms with Crippen molar-refractivity contribution in [3.63, 3.8) is 0 Å². The van der Waals surface area contributed by atoms with Crippen LogP contribution in [0.4, 0.5) is 13.2 Å². The number of nitrogens with two attached hydrogens (primary N) is 1. The molecule has 7 heteroatoms. The van der Waals surface area contributed by atoms with Crippen LogP contribution in [0.2, 0.25) is 0 Å². The number of halogens is 3. The number of rotatable bonds is 3. The third kappa shape index (κ3) is 2.55. The van der Waals surface area contributed by atoms with E-state index in [1.54, 1.807) is 18.5 Å². The summed E-state index contributed by atoms with van der Waals surface area (Å²) in [7, 11) is 0. The van der Waals surface area contributed by atoms with E-state index in [1.807, 2.05) is 6.07 Å². The molecular formula is C15H13F3N4. The van der Waals surface area contributed by atoms with Gasteiger partial charge in [-0.25, -0.2) is 4.98 Å². The first kappa shape index (κ1) is 14.5. The first-order valence-electron chi connectivity index (χ1n) is 6.69. The molecular weight excluding hydrogens is 293 g/mol. The molecule has 3 heterocycles. The van der Waals surface area contributed by atoms with Crippen molar-refractivity contribution in [3.8, 4) is 11.3 Å². The summed E-state index contributed by atoms with van der Waals surface area (Å²) < 4.78 is 40.1. The van der Waals surface area contributed by atoms with Crippen molar-refractivity contribution in [1.82, 2.24) is 14.4 Å². The van der Waals surface area contributed by atoms with Crippen LogP contribution in [0, 0.1) is 0 Å². The lowest BCUT2D eigenvalue weighted by Gasteiger charge is -2.08. The lowest BCUT2D eigenvalue weighted by molar-refractivity contribution is -0.137. The highest BCUT2D eigenvalue weighted by atomic mass is 19.4. The van der Waals surface area contributed by atoms with E-state index in [-0.39, 0.29) is 0 Å². The predicted molar refractivity (Wildman–Crippen MR) is 76.2 cm³/mol. The highest BCUT2D eigenvalue weighted by Crippen LogP contribution is 2.31. The summed E-state index contributed by atoms with van der Waals surface area (Å²) in [4.78, 5) is 8.45. The van der Waals surface area contributed by atoms with Crippen molar-refractivity contribution in [2.45, 2.75) is 12.6 Å². The van der Waals surface area contributed by atoms with Crippen molar-refractivity contribution in [1.29, 1.82) is 0 Å². The van der Waals surface area contributed by atoms with Crippen molar-refractivity contribution in [2.24, 2.45) is 5.73 Å². The van der Waals surface area contributed by atoms with Gasteiger partial charge in [0, 0.05) is 30.6 Å². The number of alkyl halides is 3. The number of hydrogen-bond acceptors (Lipinski definition) is 3. The molecule has 0 amide bonds. The molecule has 0 saturated carbocycles. The van der Waals surface area contributed by atoms with Gasteiger partial charge in [0.05, 0.1) is 17.0 Å². The Kier molecular flexibility index (Phi) is 3.58. The molecule has 0 spiro atoms. The molecule has 0 bridgehead atoms. The van der Waals surface area contributed by atoms with Gasteiger partial charge < -0.3 is 10.1 Å². The first-order chi connectivity index (χ1) is 10.5. The smallest absolute Gasteiger partial charge is 0.330 e. The summed E-state index contributed by atoms with van der Waals surface area (Å²) in [6, 6.07) is 5.97. The molecule has 0 atom stereocenters. The van der Waals surface area contributed by atoms with Crippen molar-refractivity contribution in [2.75, 3.05) is 6.54 Å². The van der Waals surface area contributed by atoms with Crippen LogP contribution < -0.4 is 5.73 Å². The average molecular weight is 306 g/mol. The lowest BCUT2D eigenvalue weighted by Crippen LogP contribution is -2.09. The predicted octanol–water partition coefficient (Wildman–Crippen LogP) is 2.92. The minimum atomic E-state index is -4.40. The number of pyridine rings is 2. The summed E-state index contributed by atoms with van der Waals surface area (Å²) in [5, 5.41) is 0. The third-order valence-corrected chi connectivity index (χ3v) is 3.36. The second-order valence-electron chi connectivity index (χ2n) is 4.83. The van der Waals surface area contributed by atoms with E-state index in [0.29, 0.717) is 30.0 Å². The number of imidazole rings is 1. The average Bonchev–Trinajstić information content (AvgIpc) is 2.86. The van der Waals surface area contributed by atoms with Crippen molar-refractivity contribution >= 4 is 5.65 Å². The highest BCUT2D eigenvalue weighted by Gasteiger charge is 2.31. The van der Waals surface area contributed by atoms with Gasteiger partial charge >= 0.3 is 6.18 Å². The molecule has 3 aromatic rings. The molecule has 22 heavy (non-hydrogen) atoms.